The molecule has 2 unspecified atom stereocenters. The van der Waals surface area contributed by atoms with Gasteiger partial charge in [-0.2, -0.15) is 12.6 Å². The minimum atomic E-state index is -0.283. The zero-order chi connectivity index (χ0) is 15.0. The van der Waals surface area contributed by atoms with Gasteiger partial charge in [-0.1, -0.05) is 29.8 Å². The molecule has 0 aromatic heterocycles. The van der Waals surface area contributed by atoms with Crippen molar-refractivity contribution in [3.63, 3.8) is 0 Å². The quantitative estimate of drug-likeness (QED) is 0.695. The second-order valence-electron chi connectivity index (χ2n) is 5.21. The van der Waals surface area contributed by atoms with Gasteiger partial charge in [-0.25, -0.2) is 0 Å². The van der Waals surface area contributed by atoms with E-state index in [9.17, 15) is 4.79 Å². The predicted molar refractivity (Wildman–Crippen MR) is 87.2 cm³/mol. The van der Waals surface area contributed by atoms with Crippen LogP contribution in [-0.2, 0) is 4.79 Å². The number of benzene rings is 2. The topological polar surface area (TPSA) is 29.5 Å². The SMILES string of the molecule is COc1ccc(N2C(=O)C(S)C2c2ccc(C)cc2)cc1. The van der Waals surface area contributed by atoms with Gasteiger partial charge >= 0.3 is 0 Å². The molecule has 1 aliphatic heterocycles. The fourth-order valence-electron chi connectivity index (χ4n) is 2.60. The summed E-state index contributed by atoms with van der Waals surface area (Å²) in [6.07, 6.45) is 0. The molecule has 1 aliphatic rings. The summed E-state index contributed by atoms with van der Waals surface area (Å²) in [6, 6.07) is 15.7. The fourth-order valence-corrected chi connectivity index (χ4v) is 3.03. The van der Waals surface area contributed by atoms with Crippen molar-refractivity contribution in [3.05, 3.63) is 59.7 Å². The van der Waals surface area contributed by atoms with E-state index >= 15 is 0 Å². The van der Waals surface area contributed by atoms with E-state index < -0.39 is 0 Å². The Hall–Kier alpha value is -1.94. The lowest BCUT2D eigenvalue weighted by atomic mass is 9.91. The number of rotatable bonds is 3. The monoisotopic (exact) mass is 299 g/mol. The predicted octanol–water partition coefficient (Wildman–Crippen LogP) is 3.39. The van der Waals surface area contributed by atoms with Crippen LogP contribution in [0.25, 0.3) is 0 Å². The van der Waals surface area contributed by atoms with Crippen LogP contribution in [0, 0.1) is 6.92 Å². The van der Waals surface area contributed by atoms with E-state index in [2.05, 4.69) is 43.8 Å². The highest BCUT2D eigenvalue weighted by Gasteiger charge is 2.46. The minimum absolute atomic E-state index is 0.0187. The van der Waals surface area contributed by atoms with Crippen molar-refractivity contribution in [1.29, 1.82) is 0 Å². The number of carbonyl (C=O) groups is 1. The number of nitrogens with zero attached hydrogens (tertiary/aromatic N) is 1. The molecule has 4 heteroatoms. The van der Waals surface area contributed by atoms with Crippen molar-refractivity contribution in [2.45, 2.75) is 18.2 Å². The Morgan fingerprint density at radius 3 is 2.24 bits per heavy atom. The molecule has 0 aliphatic carbocycles. The summed E-state index contributed by atoms with van der Waals surface area (Å²) in [5.41, 5.74) is 3.18. The zero-order valence-corrected chi connectivity index (χ0v) is 12.9. The van der Waals surface area contributed by atoms with Gasteiger partial charge in [-0.05, 0) is 36.8 Å². The smallest absolute Gasteiger partial charge is 0.242 e. The summed E-state index contributed by atoms with van der Waals surface area (Å²) in [6.45, 7) is 2.05. The van der Waals surface area contributed by atoms with Gasteiger partial charge in [0.15, 0.2) is 0 Å². The molecule has 21 heavy (non-hydrogen) atoms. The number of carbonyl (C=O) groups excluding carboxylic acids is 1. The summed E-state index contributed by atoms with van der Waals surface area (Å²) in [5, 5.41) is -0.283. The maximum Gasteiger partial charge on any atom is 0.242 e. The third-order valence-electron chi connectivity index (χ3n) is 3.84. The molecule has 1 saturated heterocycles. The Kier molecular flexibility index (Phi) is 3.64. The minimum Gasteiger partial charge on any atom is -0.497 e. The number of hydrogen-bond donors (Lipinski definition) is 1. The molecule has 1 heterocycles. The second kappa shape index (κ2) is 5.45. The molecule has 1 amide bonds. The third-order valence-corrected chi connectivity index (χ3v) is 4.34. The van der Waals surface area contributed by atoms with Crippen molar-refractivity contribution in [2.75, 3.05) is 12.0 Å². The Labute approximate surface area is 129 Å². The van der Waals surface area contributed by atoms with Gasteiger partial charge in [0.25, 0.3) is 0 Å². The molecule has 2 aromatic carbocycles. The summed E-state index contributed by atoms with van der Waals surface area (Å²) in [4.78, 5) is 14.0. The van der Waals surface area contributed by atoms with Gasteiger partial charge in [0.2, 0.25) is 5.91 Å². The van der Waals surface area contributed by atoms with Crippen LogP contribution in [0.1, 0.15) is 17.2 Å². The van der Waals surface area contributed by atoms with Crippen molar-refractivity contribution in [3.8, 4) is 5.75 Å². The number of ether oxygens (including phenoxy) is 1. The zero-order valence-electron chi connectivity index (χ0n) is 12.0. The molecule has 2 aromatic rings. The van der Waals surface area contributed by atoms with E-state index in [-0.39, 0.29) is 17.2 Å². The molecular formula is C17H17NO2S. The summed E-state index contributed by atoms with van der Waals surface area (Å²) < 4.78 is 5.15. The number of amides is 1. The molecular weight excluding hydrogens is 282 g/mol. The second-order valence-corrected chi connectivity index (χ2v) is 5.76. The standard InChI is InChI=1S/C17H17NO2S/c1-11-3-5-12(6-4-11)15-16(21)17(19)18(15)13-7-9-14(20-2)10-8-13/h3-10,15-16,21H,1-2H3. The Morgan fingerprint density at radius 1 is 1.05 bits per heavy atom. The molecule has 0 bridgehead atoms. The van der Waals surface area contributed by atoms with Crippen LogP contribution in [0.2, 0.25) is 0 Å². The molecule has 0 radical (unpaired) electrons. The first-order chi connectivity index (χ1) is 10.1. The van der Waals surface area contributed by atoms with Crippen LogP contribution >= 0.6 is 12.6 Å². The number of hydrogen-bond acceptors (Lipinski definition) is 3. The number of methoxy groups -OCH3 is 1. The first-order valence-corrected chi connectivity index (χ1v) is 7.35. The van der Waals surface area contributed by atoms with Crippen molar-refractivity contribution in [1.82, 2.24) is 0 Å². The van der Waals surface area contributed by atoms with Crippen LogP contribution in [0.3, 0.4) is 0 Å². The number of β-lactam (4-membered cyclic amide) rings is 1. The van der Waals surface area contributed by atoms with Gasteiger partial charge in [0.05, 0.1) is 13.2 Å². The Balaban J connectivity index is 1.92. The Morgan fingerprint density at radius 2 is 1.67 bits per heavy atom. The van der Waals surface area contributed by atoms with Gasteiger partial charge in [0.1, 0.15) is 11.0 Å². The van der Waals surface area contributed by atoms with Crippen LogP contribution in [0.4, 0.5) is 5.69 Å². The van der Waals surface area contributed by atoms with E-state index in [4.69, 9.17) is 4.74 Å². The lowest BCUT2D eigenvalue weighted by Crippen LogP contribution is -2.56. The summed E-state index contributed by atoms with van der Waals surface area (Å²) in [7, 11) is 1.63. The van der Waals surface area contributed by atoms with E-state index in [1.165, 1.54) is 5.56 Å². The number of thiol groups is 1. The van der Waals surface area contributed by atoms with Crippen molar-refractivity contribution < 1.29 is 9.53 Å². The summed E-state index contributed by atoms with van der Waals surface area (Å²) >= 11 is 4.44. The average Bonchev–Trinajstić information content (AvgIpc) is 2.53. The fraction of sp³-hybridized carbons (Fsp3) is 0.235. The number of aryl methyl sites for hydroxylation is 1. The molecule has 2 atom stereocenters. The lowest BCUT2D eigenvalue weighted by Gasteiger charge is -2.45. The molecule has 3 rings (SSSR count). The summed E-state index contributed by atoms with van der Waals surface area (Å²) in [5.74, 6) is 0.815. The largest absolute Gasteiger partial charge is 0.497 e. The average molecular weight is 299 g/mol. The molecule has 0 N–H and O–H groups in total. The van der Waals surface area contributed by atoms with Crippen LogP contribution in [0.15, 0.2) is 48.5 Å². The highest BCUT2D eigenvalue weighted by molar-refractivity contribution is 7.82. The maximum atomic E-state index is 12.2. The molecule has 0 spiro atoms. The van der Waals surface area contributed by atoms with E-state index in [0.717, 1.165) is 17.0 Å². The molecule has 3 nitrogen and oxygen atoms in total. The maximum absolute atomic E-state index is 12.2. The van der Waals surface area contributed by atoms with E-state index in [1.807, 2.05) is 24.3 Å². The van der Waals surface area contributed by atoms with Gasteiger partial charge in [-0.15, -0.1) is 0 Å². The molecule has 1 fully saturated rings. The highest BCUT2D eigenvalue weighted by atomic mass is 32.1. The van der Waals surface area contributed by atoms with E-state index in [1.54, 1.807) is 12.0 Å². The van der Waals surface area contributed by atoms with Gasteiger partial charge in [0, 0.05) is 5.69 Å². The highest BCUT2D eigenvalue weighted by Crippen LogP contribution is 2.42. The molecule has 108 valence electrons. The lowest BCUT2D eigenvalue weighted by molar-refractivity contribution is -0.123. The number of anilines is 1. The van der Waals surface area contributed by atoms with Crippen LogP contribution < -0.4 is 9.64 Å². The van der Waals surface area contributed by atoms with Crippen molar-refractivity contribution in [2.24, 2.45) is 0 Å². The third kappa shape index (κ3) is 2.40. The first kappa shape index (κ1) is 14.0. The van der Waals surface area contributed by atoms with Crippen LogP contribution in [0.5, 0.6) is 5.75 Å². The first-order valence-electron chi connectivity index (χ1n) is 6.83. The van der Waals surface area contributed by atoms with Crippen LogP contribution in [-0.4, -0.2) is 18.3 Å². The van der Waals surface area contributed by atoms with Gasteiger partial charge in [-0.3, -0.25) is 4.79 Å². The van der Waals surface area contributed by atoms with Crippen molar-refractivity contribution >= 4 is 24.2 Å². The normalized spacial score (nSPS) is 21.1. The Bertz CT molecular complexity index is 651. The van der Waals surface area contributed by atoms with Gasteiger partial charge < -0.3 is 9.64 Å². The molecule has 0 saturated carbocycles. The van der Waals surface area contributed by atoms with E-state index in [0.29, 0.717) is 0 Å².